The van der Waals surface area contributed by atoms with E-state index in [-0.39, 0.29) is 23.3 Å². The number of hydrogen-bond acceptors (Lipinski definition) is 3. The van der Waals surface area contributed by atoms with Crippen LogP contribution >= 0.6 is 0 Å². The molecule has 1 aromatic carbocycles. The van der Waals surface area contributed by atoms with Crippen LogP contribution in [-0.2, 0) is 11.2 Å². The van der Waals surface area contributed by atoms with E-state index >= 15 is 0 Å². The van der Waals surface area contributed by atoms with Gasteiger partial charge < -0.3 is 10.2 Å². The number of benzene rings is 1. The fourth-order valence-corrected chi connectivity index (χ4v) is 3.44. The molecule has 0 fully saturated rings. The fraction of sp³-hybridized carbons (Fsp3) is 0.409. The molecule has 2 rings (SSSR count). The van der Waals surface area contributed by atoms with Crippen molar-refractivity contribution >= 4 is 11.9 Å². The third-order valence-electron chi connectivity index (χ3n) is 5.11. The maximum atomic E-state index is 11.3. The highest BCUT2D eigenvalue weighted by molar-refractivity contribution is 5.87. The minimum absolute atomic E-state index is 0.233. The molecule has 3 unspecified atom stereocenters. The Morgan fingerprint density at radius 3 is 2.15 bits per heavy atom. The van der Waals surface area contributed by atoms with Crippen LogP contribution in [0.3, 0.4) is 0 Å². The smallest absolute Gasteiger partial charge is 0.335 e. The summed E-state index contributed by atoms with van der Waals surface area (Å²) in [4.78, 5) is 26.3. The van der Waals surface area contributed by atoms with Crippen LogP contribution in [0.2, 0.25) is 0 Å². The lowest BCUT2D eigenvalue weighted by Crippen LogP contribution is -2.17. The molecular weight excluding hydrogens is 342 g/mol. The van der Waals surface area contributed by atoms with Gasteiger partial charge in [-0.15, -0.1) is 0 Å². The number of aromatic carboxylic acids is 1. The lowest BCUT2D eigenvalue weighted by Gasteiger charge is -2.23. The number of carbonyl (C=O) groups is 2. The van der Waals surface area contributed by atoms with Gasteiger partial charge in [-0.25, -0.2) is 4.79 Å². The summed E-state index contributed by atoms with van der Waals surface area (Å²) in [7, 11) is 0. The van der Waals surface area contributed by atoms with Gasteiger partial charge in [0.2, 0.25) is 0 Å². The van der Waals surface area contributed by atoms with Crippen molar-refractivity contribution in [3.8, 4) is 0 Å². The number of nitrogens with zero attached hydrogens (tertiary/aromatic N) is 1. The fourth-order valence-electron chi connectivity index (χ4n) is 3.44. The van der Waals surface area contributed by atoms with Crippen LogP contribution in [0, 0.1) is 11.8 Å². The van der Waals surface area contributed by atoms with E-state index < -0.39 is 11.9 Å². The SMILES string of the molecule is CC(CC(CCc1ccncc1)CC(C)c1ccc(C(=O)O)cc1)C(=O)O. The summed E-state index contributed by atoms with van der Waals surface area (Å²) >= 11 is 0. The second-order valence-corrected chi connectivity index (χ2v) is 7.30. The van der Waals surface area contributed by atoms with Gasteiger partial charge >= 0.3 is 11.9 Å². The van der Waals surface area contributed by atoms with E-state index in [2.05, 4.69) is 11.9 Å². The zero-order valence-corrected chi connectivity index (χ0v) is 15.8. The third-order valence-corrected chi connectivity index (χ3v) is 5.11. The van der Waals surface area contributed by atoms with Gasteiger partial charge in [0.1, 0.15) is 0 Å². The monoisotopic (exact) mass is 369 g/mol. The van der Waals surface area contributed by atoms with Gasteiger partial charge in [-0.2, -0.15) is 0 Å². The lowest BCUT2D eigenvalue weighted by molar-refractivity contribution is -0.141. The zero-order chi connectivity index (χ0) is 19.8. The Kier molecular flexibility index (Phi) is 7.53. The quantitative estimate of drug-likeness (QED) is 0.637. The molecule has 0 saturated carbocycles. The zero-order valence-electron chi connectivity index (χ0n) is 15.8. The van der Waals surface area contributed by atoms with E-state index in [0.29, 0.717) is 6.42 Å². The van der Waals surface area contributed by atoms with Crippen LogP contribution in [0.1, 0.15) is 60.5 Å². The molecule has 1 heterocycles. The minimum Gasteiger partial charge on any atom is -0.481 e. The Balaban J connectivity index is 2.04. The summed E-state index contributed by atoms with van der Waals surface area (Å²) in [5.41, 5.74) is 2.56. The van der Waals surface area contributed by atoms with Gasteiger partial charge in [0.05, 0.1) is 11.5 Å². The van der Waals surface area contributed by atoms with Crippen molar-refractivity contribution in [2.24, 2.45) is 11.8 Å². The van der Waals surface area contributed by atoms with E-state index in [1.807, 2.05) is 24.3 Å². The standard InChI is InChI=1S/C22H27NO4/c1-15(19-5-7-20(8-6-19)22(26)27)13-18(14-16(2)21(24)25)4-3-17-9-11-23-12-10-17/h5-12,15-16,18H,3-4,13-14H2,1-2H3,(H,24,25)(H,26,27). The highest BCUT2D eigenvalue weighted by Crippen LogP contribution is 2.30. The van der Waals surface area contributed by atoms with Gasteiger partial charge in [0, 0.05) is 12.4 Å². The molecule has 0 amide bonds. The molecule has 0 aliphatic carbocycles. The van der Waals surface area contributed by atoms with Gasteiger partial charge in [-0.05, 0) is 72.9 Å². The first kappa shape index (κ1) is 20.6. The third kappa shape index (κ3) is 6.51. The first-order valence-electron chi connectivity index (χ1n) is 9.31. The van der Waals surface area contributed by atoms with Crippen LogP contribution in [0.5, 0.6) is 0 Å². The number of carboxylic acid groups (broad SMARTS) is 2. The Morgan fingerprint density at radius 2 is 1.59 bits per heavy atom. The predicted octanol–water partition coefficient (Wildman–Crippen LogP) is 4.63. The molecule has 3 atom stereocenters. The van der Waals surface area contributed by atoms with E-state index in [1.54, 1.807) is 31.5 Å². The van der Waals surface area contributed by atoms with Gasteiger partial charge in [0.15, 0.2) is 0 Å². The van der Waals surface area contributed by atoms with Crippen molar-refractivity contribution in [1.82, 2.24) is 4.98 Å². The Morgan fingerprint density at radius 1 is 0.963 bits per heavy atom. The van der Waals surface area contributed by atoms with Crippen molar-refractivity contribution in [2.45, 2.75) is 45.4 Å². The molecule has 144 valence electrons. The van der Waals surface area contributed by atoms with Crippen LogP contribution < -0.4 is 0 Å². The largest absolute Gasteiger partial charge is 0.481 e. The number of aryl methyl sites for hydroxylation is 1. The Bertz CT molecular complexity index is 743. The van der Waals surface area contributed by atoms with Gasteiger partial charge in [-0.1, -0.05) is 26.0 Å². The number of aliphatic carboxylic acids is 1. The van der Waals surface area contributed by atoms with E-state index in [1.165, 1.54) is 5.56 Å². The molecule has 0 saturated heterocycles. The molecule has 5 nitrogen and oxygen atoms in total. The summed E-state index contributed by atoms with van der Waals surface area (Å²) < 4.78 is 0. The second-order valence-electron chi connectivity index (χ2n) is 7.30. The van der Waals surface area contributed by atoms with Crippen LogP contribution in [0.25, 0.3) is 0 Å². The molecule has 2 aromatic rings. The minimum atomic E-state index is -0.931. The summed E-state index contributed by atoms with van der Waals surface area (Å²) in [5.74, 6) is -1.56. The van der Waals surface area contributed by atoms with Crippen molar-refractivity contribution in [3.05, 3.63) is 65.5 Å². The molecule has 27 heavy (non-hydrogen) atoms. The predicted molar refractivity (Wildman–Crippen MR) is 104 cm³/mol. The molecule has 0 aliphatic heterocycles. The maximum absolute atomic E-state index is 11.3. The van der Waals surface area contributed by atoms with Gasteiger partial charge in [-0.3, -0.25) is 9.78 Å². The number of aromatic nitrogens is 1. The second kappa shape index (κ2) is 9.86. The first-order valence-corrected chi connectivity index (χ1v) is 9.31. The molecule has 1 aromatic heterocycles. The van der Waals surface area contributed by atoms with Crippen molar-refractivity contribution < 1.29 is 19.8 Å². The topological polar surface area (TPSA) is 87.5 Å². The van der Waals surface area contributed by atoms with Crippen LogP contribution in [0.4, 0.5) is 0 Å². The molecule has 0 aliphatic rings. The highest BCUT2D eigenvalue weighted by atomic mass is 16.4. The van der Waals surface area contributed by atoms with Crippen molar-refractivity contribution in [1.29, 1.82) is 0 Å². The molecule has 2 N–H and O–H groups in total. The van der Waals surface area contributed by atoms with Gasteiger partial charge in [0.25, 0.3) is 0 Å². The Labute approximate surface area is 160 Å². The number of rotatable bonds is 10. The summed E-state index contributed by atoms with van der Waals surface area (Å²) in [6, 6.07) is 10.9. The maximum Gasteiger partial charge on any atom is 0.335 e. The van der Waals surface area contributed by atoms with E-state index in [4.69, 9.17) is 5.11 Å². The molecule has 0 radical (unpaired) electrons. The number of pyridine rings is 1. The Hall–Kier alpha value is -2.69. The number of hydrogen-bond donors (Lipinski definition) is 2. The average Bonchev–Trinajstić information content (AvgIpc) is 2.66. The van der Waals surface area contributed by atoms with Crippen molar-refractivity contribution in [3.63, 3.8) is 0 Å². The highest BCUT2D eigenvalue weighted by Gasteiger charge is 2.21. The summed E-state index contributed by atoms with van der Waals surface area (Å²) in [6.45, 7) is 3.87. The summed E-state index contributed by atoms with van der Waals surface area (Å²) in [5, 5.41) is 18.3. The van der Waals surface area contributed by atoms with Crippen LogP contribution in [0.15, 0.2) is 48.8 Å². The normalized spacial score (nSPS) is 14.3. The molecule has 0 bridgehead atoms. The molecule has 5 heteroatoms. The average molecular weight is 369 g/mol. The molecular formula is C22H27NO4. The van der Waals surface area contributed by atoms with Crippen molar-refractivity contribution in [2.75, 3.05) is 0 Å². The summed E-state index contributed by atoms with van der Waals surface area (Å²) in [6.07, 6.45) is 6.87. The lowest BCUT2D eigenvalue weighted by atomic mass is 9.82. The molecule has 0 spiro atoms. The van der Waals surface area contributed by atoms with E-state index in [9.17, 15) is 14.7 Å². The van der Waals surface area contributed by atoms with Crippen LogP contribution in [-0.4, -0.2) is 27.1 Å². The first-order chi connectivity index (χ1) is 12.9. The van der Waals surface area contributed by atoms with E-state index in [0.717, 1.165) is 24.8 Å². The number of carboxylic acids is 2.